The molecule has 1 N–H and O–H groups in total. The minimum Gasteiger partial charge on any atom is -0.492 e. The lowest BCUT2D eigenvalue weighted by Gasteiger charge is -2.34. The second-order valence-electron chi connectivity index (χ2n) is 5.64. The monoisotopic (exact) mass is 346 g/mol. The Balaban J connectivity index is 1.32. The summed E-state index contributed by atoms with van der Waals surface area (Å²) in [4.78, 5) is 20.7. The number of para-hydroxylation sites is 1. The maximum Gasteiger partial charge on any atom is 0.317 e. The van der Waals surface area contributed by atoms with Gasteiger partial charge in [0, 0.05) is 38.1 Å². The van der Waals surface area contributed by atoms with Gasteiger partial charge in [-0.15, -0.1) is 11.3 Å². The van der Waals surface area contributed by atoms with Crippen LogP contribution in [0.5, 0.6) is 5.75 Å². The number of thiazole rings is 1. The van der Waals surface area contributed by atoms with Gasteiger partial charge in [0.1, 0.15) is 12.4 Å². The first kappa shape index (κ1) is 16.7. The number of nitrogens with one attached hydrogen (secondary N) is 1. The summed E-state index contributed by atoms with van der Waals surface area (Å²) in [5.74, 6) is 0.822. The normalized spacial score (nSPS) is 15.2. The first-order valence-electron chi connectivity index (χ1n) is 8.11. The van der Waals surface area contributed by atoms with Gasteiger partial charge in [-0.05, 0) is 12.1 Å². The van der Waals surface area contributed by atoms with Gasteiger partial charge >= 0.3 is 6.03 Å². The molecule has 0 bridgehead atoms. The van der Waals surface area contributed by atoms with Crippen molar-refractivity contribution in [2.75, 3.05) is 39.3 Å². The van der Waals surface area contributed by atoms with Crippen molar-refractivity contribution in [1.82, 2.24) is 20.1 Å². The molecule has 2 heterocycles. The molecule has 128 valence electrons. The Morgan fingerprint density at radius 3 is 2.71 bits per heavy atom. The molecule has 2 amide bonds. The van der Waals surface area contributed by atoms with E-state index in [9.17, 15) is 4.79 Å². The van der Waals surface area contributed by atoms with E-state index < -0.39 is 0 Å². The molecule has 6 nitrogen and oxygen atoms in total. The van der Waals surface area contributed by atoms with E-state index >= 15 is 0 Å². The lowest BCUT2D eigenvalue weighted by Crippen LogP contribution is -2.51. The number of carbonyl (C=O) groups is 1. The molecule has 1 aromatic heterocycles. The molecule has 0 radical (unpaired) electrons. The molecule has 0 unspecified atom stereocenters. The van der Waals surface area contributed by atoms with Crippen LogP contribution in [0.2, 0.25) is 0 Å². The van der Waals surface area contributed by atoms with Crippen LogP contribution >= 0.6 is 11.3 Å². The highest BCUT2D eigenvalue weighted by molar-refractivity contribution is 7.07. The Labute approximate surface area is 146 Å². The average molecular weight is 346 g/mol. The zero-order valence-electron chi connectivity index (χ0n) is 13.6. The van der Waals surface area contributed by atoms with Crippen molar-refractivity contribution in [3.05, 3.63) is 46.9 Å². The van der Waals surface area contributed by atoms with Crippen LogP contribution in [0.25, 0.3) is 0 Å². The number of urea groups is 1. The van der Waals surface area contributed by atoms with E-state index in [0.717, 1.165) is 44.2 Å². The number of carbonyl (C=O) groups excluding carboxylic acids is 1. The fraction of sp³-hybridized carbons (Fsp3) is 0.412. The van der Waals surface area contributed by atoms with E-state index in [1.807, 2.05) is 40.7 Å². The van der Waals surface area contributed by atoms with Gasteiger partial charge in [0.05, 0.1) is 17.7 Å². The molecule has 7 heteroatoms. The predicted octanol–water partition coefficient (Wildman–Crippen LogP) is 2.05. The minimum atomic E-state index is -0.0139. The summed E-state index contributed by atoms with van der Waals surface area (Å²) in [6.45, 7) is 5.10. The van der Waals surface area contributed by atoms with Gasteiger partial charge in [0.25, 0.3) is 0 Å². The number of hydrogen-bond donors (Lipinski definition) is 1. The van der Waals surface area contributed by atoms with Crippen molar-refractivity contribution >= 4 is 17.4 Å². The largest absolute Gasteiger partial charge is 0.492 e. The molecule has 0 aliphatic carbocycles. The van der Waals surface area contributed by atoms with Crippen LogP contribution in [0.4, 0.5) is 4.79 Å². The molecule has 24 heavy (non-hydrogen) atoms. The highest BCUT2D eigenvalue weighted by Gasteiger charge is 2.21. The summed E-state index contributed by atoms with van der Waals surface area (Å²) in [7, 11) is 0. The Morgan fingerprint density at radius 1 is 1.21 bits per heavy atom. The van der Waals surface area contributed by atoms with Crippen LogP contribution < -0.4 is 10.1 Å². The fourth-order valence-electron chi connectivity index (χ4n) is 2.61. The number of nitrogens with zero attached hydrogens (tertiary/aromatic N) is 3. The summed E-state index contributed by atoms with van der Waals surface area (Å²) >= 11 is 1.62. The van der Waals surface area contributed by atoms with E-state index in [1.54, 1.807) is 11.3 Å². The number of rotatable bonds is 6. The third kappa shape index (κ3) is 4.94. The summed E-state index contributed by atoms with van der Waals surface area (Å²) in [5.41, 5.74) is 2.97. The van der Waals surface area contributed by atoms with Crippen LogP contribution in [-0.4, -0.2) is 60.1 Å². The molecule has 1 aromatic carbocycles. The molecule has 1 aliphatic heterocycles. The molecule has 0 atom stereocenters. The van der Waals surface area contributed by atoms with Crippen LogP contribution in [0.1, 0.15) is 5.69 Å². The van der Waals surface area contributed by atoms with Crippen molar-refractivity contribution < 1.29 is 9.53 Å². The summed E-state index contributed by atoms with van der Waals surface area (Å²) < 4.78 is 5.57. The Kier molecular flexibility index (Phi) is 6.03. The van der Waals surface area contributed by atoms with Crippen LogP contribution in [0.15, 0.2) is 41.2 Å². The van der Waals surface area contributed by atoms with E-state index in [0.29, 0.717) is 13.2 Å². The number of benzene rings is 1. The van der Waals surface area contributed by atoms with E-state index in [2.05, 4.69) is 20.6 Å². The summed E-state index contributed by atoms with van der Waals surface area (Å²) in [5, 5.41) is 4.99. The zero-order valence-corrected chi connectivity index (χ0v) is 14.4. The standard InChI is InChI=1S/C17H22N4O2S/c22-17(18-6-11-23-16-4-2-1-3-5-16)21-9-7-20(8-10-21)12-15-13-24-14-19-15/h1-5,13-14H,6-12H2,(H,18,22). The third-order valence-electron chi connectivity index (χ3n) is 3.92. The van der Waals surface area contributed by atoms with Crippen molar-refractivity contribution in [1.29, 1.82) is 0 Å². The van der Waals surface area contributed by atoms with Crippen molar-refractivity contribution in [2.45, 2.75) is 6.54 Å². The van der Waals surface area contributed by atoms with E-state index in [4.69, 9.17) is 4.74 Å². The van der Waals surface area contributed by atoms with E-state index in [1.165, 1.54) is 0 Å². The van der Waals surface area contributed by atoms with Crippen LogP contribution in [-0.2, 0) is 6.54 Å². The summed E-state index contributed by atoms with van der Waals surface area (Å²) in [6.07, 6.45) is 0. The number of amides is 2. The lowest BCUT2D eigenvalue weighted by atomic mass is 10.3. The number of piperazine rings is 1. The second kappa shape index (κ2) is 8.65. The maximum atomic E-state index is 12.2. The first-order valence-corrected chi connectivity index (χ1v) is 9.05. The van der Waals surface area contributed by atoms with Gasteiger partial charge in [-0.3, -0.25) is 4.90 Å². The SMILES string of the molecule is O=C(NCCOc1ccccc1)N1CCN(Cc2cscn2)CC1. The van der Waals surface area contributed by atoms with Gasteiger partial charge in [-0.2, -0.15) is 0 Å². The Hall–Kier alpha value is -2.12. The molecule has 1 fully saturated rings. The third-order valence-corrected chi connectivity index (χ3v) is 4.55. The molecule has 0 saturated carbocycles. The van der Waals surface area contributed by atoms with Crippen molar-refractivity contribution in [3.63, 3.8) is 0 Å². The average Bonchev–Trinajstić information content (AvgIpc) is 3.13. The lowest BCUT2D eigenvalue weighted by molar-refractivity contribution is 0.133. The molecule has 2 aromatic rings. The van der Waals surface area contributed by atoms with Gasteiger partial charge in [0.2, 0.25) is 0 Å². The van der Waals surface area contributed by atoms with Crippen molar-refractivity contribution in [2.24, 2.45) is 0 Å². The molecular formula is C17H22N4O2S. The smallest absolute Gasteiger partial charge is 0.317 e. The summed E-state index contributed by atoms with van der Waals surface area (Å²) in [6, 6.07) is 9.60. The van der Waals surface area contributed by atoms with Gasteiger partial charge in [-0.25, -0.2) is 9.78 Å². The molecular weight excluding hydrogens is 324 g/mol. The van der Waals surface area contributed by atoms with Crippen molar-refractivity contribution in [3.8, 4) is 5.75 Å². The Bertz CT molecular complexity index is 613. The minimum absolute atomic E-state index is 0.0139. The molecule has 0 spiro atoms. The topological polar surface area (TPSA) is 57.7 Å². The van der Waals surface area contributed by atoms with E-state index in [-0.39, 0.29) is 6.03 Å². The molecule has 1 aliphatic rings. The fourth-order valence-corrected chi connectivity index (χ4v) is 3.16. The number of aromatic nitrogens is 1. The predicted molar refractivity (Wildman–Crippen MR) is 94.3 cm³/mol. The zero-order chi connectivity index (χ0) is 16.6. The first-order chi connectivity index (χ1) is 11.8. The quantitative estimate of drug-likeness (QED) is 0.814. The molecule has 3 rings (SSSR count). The van der Waals surface area contributed by atoms with Gasteiger partial charge in [-0.1, -0.05) is 18.2 Å². The number of hydrogen-bond acceptors (Lipinski definition) is 5. The Morgan fingerprint density at radius 2 is 2.00 bits per heavy atom. The van der Waals surface area contributed by atoms with Crippen LogP contribution in [0.3, 0.4) is 0 Å². The van der Waals surface area contributed by atoms with Gasteiger partial charge in [0.15, 0.2) is 0 Å². The van der Waals surface area contributed by atoms with Crippen LogP contribution in [0, 0.1) is 0 Å². The van der Waals surface area contributed by atoms with Gasteiger partial charge < -0.3 is 15.0 Å². The highest BCUT2D eigenvalue weighted by Crippen LogP contribution is 2.09. The second-order valence-corrected chi connectivity index (χ2v) is 6.36. The highest BCUT2D eigenvalue weighted by atomic mass is 32.1. The maximum absolute atomic E-state index is 12.2. The number of ether oxygens (including phenoxy) is 1. The molecule has 1 saturated heterocycles.